The van der Waals surface area contributed by atoms with Crippen LogP contribution in [0.1, 0.15) is 53.9 Å². The minimum absolute atomic E-state index is 0.0141. The first-order valence-corrected chi connectivity index (χ1v) is 10.6. The number of carbonyl (C=O) groups excluding carboxylic acids is 1. The molecule has 2 N–H and O–H groups in total. The molecule has 7 heteroatoms. The van der Waals surface area contributed by atoms with E-state index in [0.29, 0.717) is 24.5 Å². The van der Waals surface area contributed by atoms with Crippen LogP contribution in [-0.4, -0.2) is 48.0 Å². The van der Waals surface area contributed by atoms with E-state index in [4.69, 9.17) is 9.47 Å². The monoisotopic (exact) mass is 425 g/mol. The number of carbonyl (C=O) groups is 2. The lowest BCUT2D eigenvalue weighted by molar-refractivity contribution is -0.117. The third-order valence-electron chi connectivity index (χ3n) is 6.24. The zero-order valence-corrected chi connectivity index (χ0v) is 17.5. The summed E-state index contributed by atoms with van der Waals surface area (Å²) >= 11 is 0. The zero-order chi connectivity index (χ0) is 22.0. The van der Waals surface area contributed by atoms with E-state index in [1.165, 1.54) is 13.2 Å². The van der Waals surface area contributed by atoms with Gasteiger partial charge < -0.3 is 24.6 Å². The van der Waals surface area contributed by atoms with Gasteiger partial charge in [0.2, 0.25) is 5.91 Å². The predicted molar refractivity (Wildman–Crippen MR) is 115 cm³/mol. The number of aromatic carboxylic acids is 1. The molecule has 2 aromatic carbocycles. The van der Waals surface area contributed by atoms with E-state index in [1.54, 1.807) is 17.0 Å². The SMILES string of the molecule is COc1cc(C2CC(=O)N(c3ccc(OCC4(O)CCCC4)cc3)C2)ccc1C(=O)O. The van der Waals surface area contributed by atoms with Gasteiger partial charge in [-0.15, -0.1) is 0 Å². The van der Waals surface area contributed by atoms with E-state index < -0.39 is 11.6 Å². The number of anilines is 1. The Morgan fingerprint density at radius 3 is 2.52 bits per heavy atom. The number of amides is 1. The average molecular weight is 425 g/mol. The number of methoxy groups -OCH3 is 1. The first-order chi connectivity index (χ1) is 14.9. The van der Waals surface area contributed by atoms with Gasteiger partial charge in [-0.2, -0.15) is 0 Å². The Balaban J connectivity index is 1.43. The molecule has 0 aromatic heterocycles. The van der Waals surface area contributed by atoms with Crippen molar-refractivity contribution in [3.63, 3.8) is 0 Å². The van der Waals surface area contributed by atoms with Crippen LogP contribution in [0.25, 0.3) is 0 Å². The summed E-state index contributed by atoms with van der Waals surface area (Å²) in [6.07, 6.45) is 3.95. The number of nitrogens with zero attached hydrogens (tertiary/aromatic N) is 1. The summed E-state index contributed by atoms with van der Waals surface area (Å²) < 4.78 is 11.0. The van der Waals surface area contributed by atoms with Crippen LogP contribution in [0.5, 0.6) is 11.5 Å². The lowest BCUT2D eigenvalue weighted by atomic mass is 9.96. The summed E-state index contributed by atoms with van der Waals surface area (Å²) in [7, 11) is 1.44. The van der Waals surface area contributed by atoms with Gasteiger partial charge in [-0.1, -0.05) is 18.9 Å². The van der Waals surface area contributed by atoms with Gasteiger partial charge in [-0.25, -0.2) is 4.79 Å². The number of hydrogen-bond donors (Lipinski definition) is 2. The van der Waals surface area contributed by atoms with Gasteiger partial charge in [0.25, 0.3) is 0 Å². The Hall–Kier alpha value is -3.06. The molecule has 0 radical (unpaired) electrons. The second-order valence-corrected chi connectivity index (χ2v) is 8.38. The Morgan fingerprint density at radius 2 is 1.87 bits per heavy atom. The smallest absolute Gasteiger partial charge is 0.339 e. The summed E-state index contributed by atoms with van der Waals surface area (Å²) in [4.78, 5) is 25.7. The Labute approximate surface area is 181 Å². The number of aliphatic hydroxyl groups is 1. The van der Waals surface area contributed by atoms with Crippen molar-refractivity contribution in [1.82, 2.24) is 0 Å². The maximum Gasteiger partial charge on any atom is 0.339 e. The van der Waals surface area contributed by atoms with Gasteiger partial charge >= 0.3 is 5.97 Å². The third kappa shape index (κ3) is 4.51. The van der Waals surface area contributed by atoms with Crippen molar-refractivity contribution < 1.29 is 29.3 Å². The van der Waals surface area contributed by atoms with Crippen LogP contribution in [0.4, 0.5) is 5.69 Å². The van der Waals surface area contributed by atoms with Crippen molar-refractivity contribution in [3.8, 4) is 11.5 Å². The summed E-state index contributed by atoms with van der Waals surface area (Å²) in [6.45, 7) is 0.791. The number of hydrogen-bond acceptors (Lipinski definition) is 5. The molecule has 7 nitrogen and oxygen atoms in total. The van der Waals surface area contributed by atoms with Crippen LogP contribution in [0.15, 0.2) is 42.5 Å². The number of carboxylic acids is 1. The molecule has 164 valence electrons. The molecule has 1 aliphatic carbocycles. The summed E-state index contributed by atoms with van der Waals surface area (Å²) in [5.74, 6) is -0.116. The summed E-state index contributed by atoms with van der Waals surface area (Å²) in [6, 6.07) is 12.3. The first-order valence-electron chi connectivity index (χ1n) is 10.6. The second-order valence-electron chi connectivity index (χ2n) is 8.38. The second kappa shape index (κ2) is 8.59. The van der Waals surface area contributed by atoms with Gasteiger partial charge in [0, 0.05) is 24.6 Å². The maximum absolute atomic E-state index is 12.7. The van der Waals surface area contributed by atoms with E-state index in [-0.39, 0.29) is 24.0 Å². The molecule has 2 aliphatic rings. The highest BCUT2D eigenvalue weighted by molar-refractivity contribution is 5.96. The van der Waals surface area contributed by atoms with Gasteiger partial charge in [-0.05, 0) is 54.8 Å². The molecule has 1 saturated heterocycles. The molecule has 0 bridgehead atoms. The molecule has 1 atom stereocenters. The molecule has 31 heavy (non-hydrogen) atoms. The van der Waals surface area contributed by atoms with Crippen molar-refractivity contribution >= 4 is 17.6 Å². The minimum Gasteiger partial charge on any atom is -0.496 e. The molecule has 4 rings (SSSR count). The lowest BCUT2D eigenvalue weighted by Gasteiger charge is -2.22. The highest BCUT2D eigenvalue weighted by Gasteiger charge is 2.33. The molecule has 1 aliphatic heterocycles. The van der Waals surface area contributed by atoms with Crippen LogP contribution in [0.2, 0.25) is 0 Å². The van der Waals surface area contributed by atoms with Crippen LogP contribution in [-0.2, 0) is 4.79 Å². The van der Waals surface area contributed by atoms with Crippen LogP contribution >= 0.6 is 0 Å². The normalized spacial score (nSPS) is 20.1. The fourth-order valence-electron chi connectivity index (χ4n) is 4.44. The van der Waals surface area contributed by atoms with Crippen LogP contribution in [0, 0.1) is 0 Å². The van der Waals surface area contributed by atoms with E-state index in [0.717, 1.165) is 36.9 Å². The van der Waals surface area contributed by atoms with Gasteiger partial charge in [0.05, 0.1) is 12.7 Å². The average Bonchev–Trinajstić information content (AvgIpc) is 3.38. The number of rotatable bonds is 7. The van der Waals surface area contributed by atoms with Crippen molar-refractivity contribution in [2.75, 3.05) is 25.2 Å². The fourth-order valence-corrected chi connectivity index (χ4v) is 4.44. The van der Waals surface area contributed by atoms with E-state index in [1.807, 2.05) is 24.3 Å². The van der Waals surface area contributed by atoms with Gasteiger partial charge in [-0.3, -0.25) is 4.79 Å². The quantitative estimate of drug-likeness (QED) is 0.704. The summed E-state index contributed by atoms with van der Waals surface area (Å²) in [5.41, 5.74) is 1.04. The zero-order valence-electron chi connectivity index (χ0n) is 17.5. The third-order valence-corrected chi connectivity index (χ3v) is 6.24. The van der Waals surface area contributed by atoms with E-state index >= 15 is 0 Å². The van der Waals surface area contributed by atoms with E-state index in [2.05, 4.69) is 0 Å². The van der Waals surface area contributed by atoms with Crippen LogP contribution < -0.4 is 14.4 Å². The summed E-state index contributed by atoms with van der Waals surface area (Å²) in [5, 5.41) is 19.7. The maximum atomic E-state index is 12.7. The Kier molecular flexibility index (Phi) is 5.87. The van der Waals surface area contributed by atoms with Crippen LogP contribution in [0.3, 0.4) is 0 Å². The molecule has 1 saturated carbocycles. The Morgan fingerprint density at radius 1 is 1.16 bits per heavy atom. The van der Waals surface area contributed by atoms with Crippen molar-refractivity contribution in [2.45, 2.75) is 43.6 Å². The molecular weight excluding hydrogens is 398 g/mol. The number of ether oxygens (including phenoxy) is 2. The first kappa shape index (κ1) is 21.2. The van der Waals surface area contributed by atoms with Crippen molar-refractivity contribution in [1.29, 1.82) is 0 Å². The number of benzene rings is 2. The highest BCUT2D eigenvalue weighted by atomic mass is 16.5. The standard InChI is InChI=1S/C24H27NO6/c1-30-21-12-16(4-9-20(21)23(27)28)17-13-22(26)25(14-17)18-5-7-19(8-6-18)31-15-24(29)10-2-3-11-24/h4-9,12,17,29H,2-3,10-11,13-15H2,1H3,(H,27,28). The molecule has 1 heterocycles. The molecule has 1 unspecified atom stereocenters. The molecule has 2 fully saturated rings. The Bertz CT molecular complexity index is 965. The van der Waals surface area contributed by atoms with E-state index in [9.17, 15) is 19.8 Å². The topological polar surface area (TPSA) is 96.3 Å². The number of carboxylic acid groups (broad SMARTS) is 1. The molecule has 2 aromatic rings. The highest BCUT2D eigenvalue weighted by Crippen LogP contribution is 2.35. The van der Waals surface area contributed by atoms with Crippen molar-refractivity contribution in [2.24, 2.45) is 0 Å². The fraction of sp³-hybridized carbons (Fsp3) is 0.417. The largest absolute Gasteiger partial charge is 0.496 e. The lowest BCUT2D eigenvalue weighted by Crippen LogP contribution is -2.32. The van der Waals surface area contributed by atoms with Gasteiger partial charge in [0.1, 0.15) is 23.7 Å². The van der Waals surface area contributed by atoms with Gasteiger partial charge in [0.15, 0.2) is 0 Å². The molecule has 0 spiro atoms. The predicted octanol–water partition coefficient (Wildman–Crippen LogP) is 3.60. The molecular formula is C24H27NO6. The minimum atomic E-state index is -1.05. The molecule has 1 amide bonds. The van der Waals surface area contributed by atoms with Crippen molar-refractivity contribution in [3.05, 3.63) is 53.6 Å².